The number of piperidine rings is 1. The first-order chi connectivity index (χ1) is 9.63. The topological polar surface area (TPSA) is 82.2 Å². The Morgan fingerprint density at radius 2 is 2.20 bits per heavy atom. The minimum atomic E-state index is -0.510. The lowest BCUT2D eigenvalue weighted by Gasteiger charge is -2.31. The smallest absolute Gasteiger partial charge is 0.289 e. The SMILES string of the molecule is CCN1CCC(Nc2ccc(C#N)c([N+](=O)[O-])c2)CC1. The Labute approximate surface area is 118 Å². The molecule has 1 aliphatic rings. The molecule has 0 aromatic heterocycles. The van der Waals surface area contributed by atoms with Crippen molar-refractivity contribution in [1.82, 2.24) is 4.90 Å². The van der Waals surface area contributed by atoms with Gasteiger partial charge in [0.25, 0.3) is 5.69 Å². The highest BCUT2D eigenvalue weighted by molar-refractivity contribution is 5.59. The van der Waals surface area contributed by atoms with E-state index in [1.807, 2.05) is 6.07 Å². The van der Waals surface area contributed by atoms with E-state index in [1.54, 1.807) is 6.07 Å². The first-order valence-electron chi connectivity index (χ1n) is 6.81. The number of nitrogens with one attached hydrogen (secondary N) is 1. The fourth-order valence-corrected chi connectivity index (χ4v) is 2.50. The molecule has 20 heavy (non-hydrogen) atoms. The summed E-state index contributed by atoms with van der Waals surface area (Å²) in [6.45, 7) is 5.31. The molecule has 0 amide bonds. The second kappa shape index (κ2) is 6.35. The Kier molecular flexibility index (Phi) is 4.53. The maximum atomic E-state index is 10.9. The molecule has 1 aromatic rings. The molecule has 1 aliphatic heterocycles. The van der Waals surface area contributed by atoms with Gasteiger partial charge in [0.1, 0.15) is 11.6 Å². The van der Waals surface area contributed by atoms with Gasteiger partial charge in [-0.15, -0.1) is 0 Å². The van der Waals surface area contributed by atoms with Crippen molar-refractivity contribution in [3.05, 3.63) is 33.9 Å². The van der Waals surface area contributed by atoms with E-state index in [1.165, 1.54) is 12.1 Å². The molecule has 106 valence electrons. The molecule has 1 fully saturated rings. The number of hydrogen-bond acceptors (Lipinski definition) is 5. The van der Waals surface area contributed by atoms with Crippen molar-refractivity contribution in [3.8, 4) is 6.07 Å². The summed E-state index contributed by atoms with van der Waals surface area (Å²) in [5, 5.41) is 23.1. The standard InChI is InChI=1S/C14H18N4O2/c1-2-17-7-5-12(6-8-17)16-13-4-3-11(10-15)14(9-13)18(19)20/h3-4,9,12,16H,2,5-8H2,1H3. The predicted molar refractivity (Wildman–Crippen MR) is 76.6 cm³/mol. The van der Waals surface area contributed by atoms with Crippen LogP contribution in [0.15, 0.2) is 18.2 Å². The van der Waals surface area contributed by atoms with E-state index in [0.29, 0.717) is 11.7 Å². The van der Waals surface area contributed by atoms with Gasteiger partial charge < -0.3 is 10.2 Å². The summed E-state index contributed by atoms with van der Waals surface area (Å²) in [4.78, 5) is 12.8. The van der Waals surface area contributed by atoms with Crippen molar-refractivity contribution in [1.29, 1.82) is 5.26 Å². The lowest BCUT2D eigenvalue weighted by atomic mass is 10.0. The van der Waals surface area contributed by atoms with Crippen LogP contribution in [0.25, 0.3) is 0 Å². The summed E-state index contributed by atoms with van der Waals surface area (Å²) >= 11 is 0. The van der Waals surface area contributed by atoms with Crippen LogP contribution in [-0.2, 0) is 0 Å². The highest BCUT2D eigenvalue weighted by Crippen LogP contribution is 2.24. The van der Waals surface area contributed by atoms with Gasteiger partial charge >= 0.3 is 0 Å². The Balaban J connectivity index is 2.05. The zero-order valence-corrected chi connectivity index (χ0v) is 11.5. The van der Waals surface area contributed by atoms with Gasteiger partial charge in [0, 0.05) is 30.9 Å². The number of hydrogen-bond donors (Lipinski definition) is 1. The van der Waals surface area contributed by atoms with Crippen molar-refractivity contribution < 1.29 is 4.92 Å². The monoisotopic (exact) mass is 274 g/mol. The molecule has 6 nitrogen and oxygen atoms in total. The van der Waals surface area contributed by atoms with Crippen molar-refractivity contribution in [3.63, 3.8) is 0 Å². The van der Waals surface area contributed by atoms with Crippen LogP contribution in [0.3, 0.4) is 0 Å². The molecule has 0 unspecified atom stereocenters. The van der Waals surface area contributed by atoms with Crippen LogP contribution < -0.4 is 5.32 Å². The van der Waals surface area contributed by atoms with Gasteiger partial charge in [-0.05, 0) is 31.5 Å². The second-order valence-corrected chi connectivity index (χ2v) is 4.95. The average molecular weight is 274 g/mol. The van der Waals surface area contributed by atoms with Crippen molar-refractivity contribution in [2.45, 2.75) is 25.8 Å². The summed E-state index contributed by atoms with van der Waals surface area (Å²) < 4.78 is 0. The fourth-order valence-electron chi connectivity index (χ4n) is 2.50. The Morgan fingerprint density at radius 3 is 2.75 bits per heavy atom. The number of anilines is 1. The van der Waals surface area contributed by atoms with Gasteiger partial charge in [0.2, 0.25) is 0 Å². The number of rotatable bonds is 4. The molecule has 1 heterocycles. The van der Waals surface area contributed by atoms with E-state index in [2.05, 4.69) is 17.1 Å². The third-order valence-corrected chi connectivity index (χ3v) is 3.72. The van der Waals surface area contributed by atoms with Crippen molar-refractivity contribution >= 4 is 11.4 Å². The zero-order valence-electron chi connectivity index (χ0n) is 11.5. The summed E-state index contributed by atoms with van der Waals surface area (Å²) in [5.74, 6) is 0. The van der Waals surface area contributed by atoms with Crippen LogP contribution in [0.2, 0.25) is 0 Å². The van der Waals surface area contributed by atoms with E-state index < -0.39 is 4.92 Å². The number of likely N-dealkylation sites (tertiary alicyclic amines) is 1. The van der Waals surface area contributed by atoms with Crippen LogP contribution >= 0.6 is 0 Å². The second-order valence-electron chi connectivity index (χ2n) is 4.95. The number of nitriles is 1. The molecule has 1 aromatic carbocycles. The molecule has 0 atom stereocenters. The molecule has 0 saturated carbocycles. The summed E-state index contributed by atoms with van der Waals surface area (Å²) in [7, 11) is 0. The Hall–Kier alpha value is -2.13. The molecule has 6 heteroatoms. The number of nitro benzene ring substituents is 1. The van der Waals surface area contributed by atoms with Gasteiger partial charge in [-0.25, -0.2) is 0 Å². The van der Waals surface area contributed by atoms with E-state index in [-0.39, 0.29) is 11.3 Å². The normalized spacial score (nSPS) is 16.6. The molecule has 0 aliphatic carbocycles. The quantitative estimate of drug-likeness (QED) is 0.673. The van der Waals surface area contributed by atoms with Gasteiger partial charge in [-0.2, -0.15) is 5.26 Å². The van der Waals surface area contributed by atoms with Crippen LogP contribution in [0.1, 0.15) is 25.3 Å². The average Bonchev–Trinajstić information content (AvgIpc) is 2.48. The summed E-state index contributed by atoms with van der Waals surface area (Å²) in [6.07, 6.45) is 2.06. The minimum Gasteiger partial charge on any atom is -0.382 e. The predicted octanol–water partition coefficient (Wildman–Crippen LogP) is 2.36. The van der Waals surface area contributed by atoms with Crippen molar-refractivity contribution in [2.24, 2.45) is 0 Å². The van der Waals surface area contributed by atoms with E-state index in [4.69, 9.17) is 5.26 Å². The Morgan fingerprint density at radius 1 is 1.50 bits per heavy atom. The molecule has 0 spiro atoms. The van der Waals surface area contributed by atoms with E-state index in [0.717, 1.165) is 32.5 Å². The summed E-state index contributed by atoms with van der Waals surface area (Å²) in [5.41, 5.74) is 0.676. The maximum absolute atomic E-state index is 10.9. The van der Waals surface area contributed by atoms with Gasteiger partial charge in [-0.1, -0.05) is 6.92 Å². The number of nitro groups is 1. The van der Waals surface area contributed by atoms with E-state index >= 15 is 0 Å². The maximum Gasteiger partial charge on any atom is 0.289 e. The molecule has 1 N–H and O–H groups in total. The lowest BCUT2D eigenvalue weighted by Crippen LogP contribution is -2.38. The number of benzene rings is 1. The Bertz CT molecular complexity index is 530. The third kappa shape index (κ3) is 3.25. The molecule has 2 rings (SSSR count). The summed E-state index contributed by atoms with van der Waals surface area (Å²) in [6, 6.07) is 6.87. The largest absolute Gasteiger partial charge is 0.382 e. The molecule has 1 saturated heterocycles. The first kappa shape index (κ1) is 14.3. The fraction of sp³-hybridized carbons (Fsp3) is 0.500. The molecule has 0 radical (unpaired) electrons. The zero-order chi connectivity index (χ0) is 14.5. The van der Waals surface area contributed by atoms with Gasteiger partial charge in [0.15, 0.2) is 0 Å². The van der Waals surface area contributed by atoms with Crippen LogP contribution in [0, 0.1) is 21.4 Å². The van der Waals surface area contributed by atoms with Crippen molar-refractivity contribution in [2.75, 3.05) is 25.0 Å². The van der Waals surface area contributed by atoms with Crippen LogP contribution in [-0.4, -0.2) is 35.5 Å². The minimum absolute atomic E-state index is 0.0985. The number of nitrogens with zero attached hydrogens (tertiary/aromatic N) is 3. The van der Waals surface area contributed by atoms with Gasteiger partial charge in [-0.3, -0.25) is 10.1 Å². The van der Waals surface area contributed by atoms with Gasteiger partial charge in [0.05, 0.1) is 4.92 Å². The molecule has 0 bridgehead atoms. The highest BCUT2D eigenvalue weighted by Gasteiger charge is 2.19. The van der Waals surface area contributed by atoms with Crippen LogP contribution in [0.5, 0.6) is 0 Å². The first-order valence-corrected chi connectivity index (χ1v) is 6.81. The van der Waals surface area contributed by atoms with Crippen LogP contribution in [0.4, 0.5) is 11.4 Å². The third-order valence-electron chi connectivity index (χ3n) is 3.72. The molecular weight excluding hydrogens is 256 g/mol. The lowest BCUT2D eigenvalue weighted by molar-refractivity contribution is -0.385. The van der Waals surface area contributed by atoms with E-state index in [9.17, 15) is 10.1 Å². The highest BCUT2D eigenvalue weighted by atomic mass is 16.6. The molecular formula is C14H18N4O2.